The van der Waals surface area contributed by atoms with Crippen LogP contribution in [0.2, 0.25) is 52.4 Å². The third kappa shape index (κ3) is 5.09. The fourth-order valence-corrected chi connectivity index (χ4v) is 9.93. The lowest BCUT2D eigenvalue weighted by atomic mass is 10.3. The Morgan fingerprint density at radius 2 is 1.15 bits per heavy atom. The maximum absolute atomic E-state index is 6.79. The molecule has 0 aliphatic carbocycles. The van der Waals surface area contributed by atoms with Crippen molar-refractivity contribution in [2.45, 2.75) is 96.9 Å². The van der Waals surface area contributed by atoms with Crippen LogP contribution in [0.15, 0.2) is 0 Å². The van der Waals surface area contributed by atoms with E-state index in [1.807, 2.05) is 0 Å². The van der Waals surface area contributed by atoms with Crippen molar-refractivity contribution in [1.82, 2.24) is 0 Å². The van der Waals surface area contributed by atoms with E-state index in [0.717, 1.165) is 6.42 Å². The molecule has 1 atom stereocenters. The average Bonchev–Trinajstić information content (AvgIpc) is 2.10. The van der Waals surface area contributed by atoms with Crippen LogP contribution in [-0.4, -0.2) is 35.2 Å². The highest BCUT2D eigenvalue weighted by molar-refractivity contribution is 6.81. The molecular formula is C15H38O2Si3. The van der Waals surface area contributed by atoms with Crippen LogP contribution in [0.1, 0.15) is 34.1 Å². The van der Waals surface area contributed by atoms with Crippen molar-refractivity contribution in [2.75, 3.05) is 0 Å². The molecule has 5 heteroatoms. The van der Waals surface area contributed by atoms with Gasteiger partial charge in [-0.15, -0.1) is 0 Å². The van der Waals surface area contributed by atoms with Crippen molar-refractivity contribution >= 4 is 24.7 Å². The second kappa shape index (κ2) is 5.99. The van der Waals surface area contributed by atoms with Crippen molar-refractivity contribution < 1.29 is 8.85 Å². The van der Waals surface area contributed by atoms with Crippen LogP contribution in [0, 0.1) is 0 Å². The Morgan fingerprint density at radius 3 is 1.40 bits per heavy atom. The zero-order valence-electron chi connectivity index (χ0n) is 16.0. The smallest absolute Gasteiger partial charge is 0.216 e. The maximum Gasteiger partial charge on any atom is 0.216 e. The molecule has 1 unspecified atom stereocenters. The summed E-state index contributed by atoms with van der Waals surface area (Å²) < 4.78 is 13.4. The quantitative estimate of drug-likeness (QED) is 0.578. The molecular weight excluding hydrogens is 296 g/mol. The fourth-order valence-electron chi connectivity index (χ4n) is 2.20. The summed E-state index contributed by atoms with van der Waals surface area (Å²) in [6.07, 6.45) is 1.03. The number of hydrogen-bond acceptors (Lipinski definition) is 2. The second-order valence-corrected chi connectivity index (χ2v) is 23.6. The van der Waals surface area contributed by atoms with Crippen LogP contribution in [-0.2, 0) is 8.85 Å². The molecule has 0 N–H and O–H groups in total. The van der Waals surface area contributed by atoms with E-state index < -0.39 is 24.7 Å². The van der Waals surface area contributed by atoms with Gasteiger partial charge >= 0.3 is 0 Å². The molecule has 0 amide bonds. The lowest BCUT2D eigenvalue weighted by Gasteiger charge is -2.51. The topological polar surface area (TPSA) is 18.5 Å². The zero-order chi connectivity index (χ0) is 16.6. The van der Waals surface area contributed by atoms with E-state index in [0.29, 0.717) is 0 Å². The van der Waals surface area contributed by atoms with Gasteiger partial charge in [0.25, 0.3) is 0 Å². The predicted molar refractivity (Wildman–Crippen MR) is 99.1 cm³/mol. The highest BCUT2D eigenvalue weighted by Gasteiger charge is 2.51. The van der Waals surface area contributed by atoms with Crippen molar-refractivity contribution in [3.05, 3.63) is 0 Å². The largest absolute Gasteiger partial charge is 0.412 e. The standard InChI is InChI=1S/C15H38O2Si3/c1-13-15(4,17-19(8,9)10)20(11,12)16-14(2,3)18(5,6)7/h13H2,1-12H3. The summed E-state index contributed by atoms with van der Waals surface area (Å²) in [5.41, 5.74) is 0. The molecule has 20 heavy (non-hydrogen) atoms. The Hall–Kier alpha value is 0.571. The van der Waals surface area contributed by atoms with Gasteiger partial charge in [-0.2, -0.15) is 0 Å². The van der Waals surface area contributed by atoms with Gasteiger partial charge in [-0.3, -0.25) is 0 Å². The summed E-state index contributed by atoms with van der Waals surface area (Å²) in [4.78, 5) is 0. The SMILES string of the molecule is CCC(C)(O[Si](C)(C)C)[Si](C)(C)OC(C)(C)[Si](C)(C)C. The van der Waals surface area contributed by atoms with E-state index in [4.69, 9.17) is 8.85 Å². The first kappa shape index (κ1) is 20.6. The summed E-state index contributed by atoms with van der Waals surface area (Å²) in [6, 6.07) is 0. The fraction of sp³-hybridized carbons (Fsp3) is 1.00. The van der Waals surface area contributed by atoms with E-state index >= 15 is 0 Å². The first-order chi connectivity index (χ1) is 8.47. The van der Waals surface area contributed by atoms with E-state index in [2.05, 4.69) is 80.1 Å². The molecule has 0 fully saturated rings. The third-order valence-corrected chi connectivity index (χ3v) is 14.0. The Balaban J connectivity index is 5.38. The monoisotopic (exact) mass is 334 g/mol. The third-order valence-electron chi connectivity index (χ3n) is 4.80. The van der Waals surface area contributed by atoms with Crippen molar-refractivity contribution in [2.24, 2.45) is 0 Å². The van der Waals surface area contributed by atoms with E-state index in [1.165, 1.54) is 0 Å². The molecule has 2 nitrogen and oxygen atoms in total. The summed E-state index contributed by atoms with van der Waals surface area (Å²) >= 11 is 0. The van der Waals surface area contributed by atoms with Crippen LogP contribution in [0.3, 0.4) is 0 Å². The number of hydrogen-bond donors (Lipinski definition) is 0. The molecule has 0 bridgehead atoms. The summed E-state index contributed by atoms with van der Waals surface area (Å²) in [5.74, 6) is 0. The van der Waals surface area contributed by atoms with Crippen molar-refractivity contribution in [3.63, 3.8) is 0 Å². The molecule has 0 aliphatic heterocycles. The van der Waals surface area contributed by atoms with Gasteiger partial charge in [0.05, 0.1) is 13.3 Å². The van der Waals surface area contributed by atoms with Crippen LogP contribution in [0.25, 0.3) is 0 Å². The Labute approximate surface area is 130 Å². The minimum absolute atomic E-state index is 0.0120. The molecule has 0 aliphatic rings. The highest BCUT2D eigenvalue weighted by Crippen LogP contribution is 2.37. The maximum atomic E-state index is 6.79. The molecule has 0 saturated carbocycles. The minimum atomic E-state index is -1.96. The van der Waals surface area contributed by atoms with Crippen molar-refractivity contribution in [1.29, 1.82) is 0 Å². The molecule has 0 spiro atoms. The van der Waals surface area contributed by atoms with Gasteiger partial charge in [0.2, 0.25) is 8.32 Å². The molecule has 0 radical (unpaired) electrons. The van der Waals surface area contributed by atoms with Crippen LogP contribution in [0.5, 0.6) is 0 Å². The molecule has 0 aromatic carbocycles. The molecule has 0 rings (SSSR count). The van der Waals surface area contributed by atoms with Crippen LogP contribution < -0.4 is 0 Å². The molecule has 0 saturated heterocycles. The summed E-state index contributed by atoms with van der Waals surface area (Å²) in [5, 5.41) is -0.115. The van der Waals surface area contributed by atoms with Gasteiger partial charge in [-0.1, -0.05) is 26.6 Å². The highest BCUT2D eigenvalue weighted by atomic mass is 28.4. The normalized spacial score (nSPS) is 18.0. The van der Waals surface area contributed by atoms with Crippen molar-refractivity contribution in [3.8, 4) is 0 Å². The Morgan fingerprint density at radius 1 is 0.750 bits per heavy atom. The zero-order valence-corrected chi connectivity index (χ0v) is 19.0. The van der Waals surface area contributed by atoms with Crippen LogP contribution >= 0.6 is 0 Å². The average molecular weight is 335 g/mol. The Kier molecular flexibility index (Phi) is 6.16. The lowest BCUT2D eigenvalue weighted by molar-refractivity contribution is 0.0860. The minimum Gasteiger partial charge on any atom is -0.412 e. The molecule has 122 valence electrons. The van der Waals surface area contributed by atoms with E-state index in [-0.39, 0.29) is 10.4 Å². The van der Waals surface area contributed by atoms with Gasteiger partial charge in [-0.25, -0.2) is 0 Å². The first-order valence-electron chi connectivity index (χ1n) is 7.88. The number of rotatable bonds is 7. The van der Waals surface area contributed by atoms with Crippen LogP contribution in [0.4, 0.5) is 0 Å². The van der Waals surface area contributed by atoms with E-state index in [9.17, 15) is 0 Å². The molecule has 0 aromatic rings. The first-order valence-corrected chi connectivity index (χ1v) is 17.7. The van der Waals surface area contributed by atoms with Gasteiger partial charge in [-0.05, 0) is 59.9 Å². The lowest BCUT2D eigenvalue weighted by Crippen LogP contribution is -2.65. The second-order valence-electron chi connectivity index (χ2n) is 9.17. The predicted octanol–water partition coefficient (Wildman–Crippen LogP) is 5.42. The van der Waals surface area contributed by atoms with E-state index in [1.54, 1.807) is 0 Å². The van der Waals surface area contributed by atoms with Gasteiger partial charge in [0.15, 0.2) is 8.32 Å². The molecule has 0 aromatic heterocycles. The summed E-state index contributed by atoms with van der Waals surface area (Å²) in [7, 11) is -4.92. The van der Waals surface area contributed by atoms with Gasteiger partial charge in [0, 0.05) is 5.22 Å². The Bertz CT molecular complexity index is 327. The molecule has 0 heterocycles. The van der Waals surface area contributed by atoms with Gasteiger partial charge in [0.1, 0.15) is 0 Å². The van der Waals surface area contributed by atoms with Gasteiger partial charge < -0.3 is 8.85 Å². The summed E-state index contributed by atoms with van der Waals surface area (Å²) in [6.45, 7) is 27.7.